The van der Waals surface area contributed by atoms with E-state index in [1.807, 2.05) is 30.3 Å². The fourth-order valence-corrected chi connectivity index (χ4v) is 2.18. The third-order valence-electron chi connectivity index (χ3n) is 2.97. The van der Waals surface area contributed by atoms with E-state index in [9.17, 15) is 9.59 Å². The molecule has 0 spiro atoms. The first kappa shape index (κ1) is 14.2. The first-order chi connectivity index (χ1) is 9.61. The number of aliphatic imine (C=N–C) groups is 1. The van der Waals surface area contributed by atoms with Gasteiger partial charge in [0.05, 0.1) is 12.3 Å². The molecular weight excluding hydrogens is 258 g/mol. The Balaban J connectivity index is 2.24. The van der Waals surface area contributed by atoms with Gasteiger partial charge in [-0.3, -0.25) is 9.79 Å². The van der Waals surface area contributed by atoms with Crippen molar-refractivity contribution < 1.29 is 19.1 Å². The second-order valence-electron chi connectivity index (χ2n) is 4.48. The molecule has 106 valence electrons. The number of nitrogens with zero attached hydrogens (tertiary/aromatic N) is 1. The maximum atomic E-state index is 11.8. The quantitative estimate of drug-likeness (QED) is 0.785. The van der Waals surface area contributed by atoms with Gasteiger partial charge in [-0.15, -0.1) is 0 Å². The molecule has 0 radical (unpaired) electrons. The van der Waals surface area contributed by atoms with E-state index in [-0.39, 0.29) is 11.9 Å². The van der Waals surface area contributed by atoms with Crippen LogP contribution < -0.4 is 0 Å². The lowest BCUT2D eigenvalue weighted by molar-refractivity contribution is -0.148. The number of esters is 2. The van der Waals surface area contributed by atoms with Gasteiger partial charge >= 0.3 is 11.9 Å². The fourth-order valence-electron chi connectivity index (χ4n) is 2.18. The normalized spacial score (nSPS) is 21.2. The standard InChI is InChI=1S/C15H17NO4/c1-3-19-15(18)12-9-13(20-10(2)17)14(16-12)11-7-5-4-6-8-11/h4-8,12-13H,3,9H2,1-2H3/t12-,13+/m0/s1. The first-order valence-corrected chi connectivity index (χ1v) is 6.58. The highest BCUT2D eigenvalue weighted by atomic mass is 16.5. The summed E-state index contributed by atoms with van der Waals surface area (Å²) in [6.07, 6.45) is -0.160. The number of hydrogen-bond donors (Lipinski definition) is 0. The van der Waals surface area contributed by atoms with E-state index in [1.165, 1.54) is 6.92 Å². The summed E-state index contributed by atoms with van der Waals surface area (Å²) in [5.74, 6) is -0.765. The van der Waals surface area contributed by atoms with Gasteiger partial charge in [0.15, 0.2) is 6.04 Å². The lowest BCUT2D eigenvalue weighted by atomic mass is 10.0. The van der Waals surface area contributed by atoms with Gasteiger partial charge in [-0.1, -0.05) is 30.3 Å². The summed E-state index contributed by atoms with van der Waals surface area (Å²) >= 11 is 0. The molecule has 0 saturated heterocycles. The zero-order chi connectivity index (χ0) is 14.5. The van der Waals surface area contributed by atoms with Crippen molar-refractivity contribution in [2.24, 2.45) is 4.99 Å². The van der Waals surface area contributed by atoms with Crippen LogP contribution in [0.25, 0.3) is 0 Å². The number of ether oxygens (including phenoxy) is 2. The van der Waals surface area contributed by atoms with Crippen LogP contribution in [0.3, 0.4) is 0 Å². The minimum Gasteiger partial charge on any atom is -0.464 e. The Kier molecular flexibility index (Phi) is 4.50. The van der Waals surface area contributed by atoms with Crippen LogP contribution in [-0.4, -0.2) is 36.4 Å². The van der Waals surface area contributed by atoms with Gasteiger partial charge in [-0.2, -0.15) is 0 Å². The fraction of sp³-hybridized carbons (Fsp3) is 0.400. The van der Waals surface area contributed by atoms with Crippen LogP contribution in [0.1, 0.15) is 25.8 Å². The van der Waals surface area contributed by atoms with Crippen molar-refractivity contribution in [3.8, 4) is 0 Å². The highest BCUT2D eigenvalue weighted by Crippen LogP contribution is 2.23. The molecular formula is C15H17NO4. The first-order valence-electron chi connectivity index (χ1n) is 6.58. The van der Waals surface area contributed by atoms with Gasteiger partial charge in [-0.25, -0.2) is 4.79 Å². The molecule has 1 heterocycles. The number of carbonyl (C=O) groups is 2. The molecule has 1 aromatic carbocycles. The molecule has 5 nitrogen and oxygen atoms in total. The number of hydrogen-bond acceptors (Lipinski definition) is 5. The predicted molar refractivity (Wildman–Crippen MR) is 73.6 cm³/mol. The van der Waals surface area contributed by atoms with Crippen LogP contribution in [0.2, 0.25) is 0 Å². The summed E-state index contributed by atoms with van der Waals surface area (Å²) < 4.78 is 10.2. The summed E-state index contributed by atoms with van der Waals surface area (Å²) in [5.41, 5.74) is 1.48. The van der Waals surface area contributed by atoms with E-state index in [1.54, 1.807) is 6.92 Å². The maximum Gasteiger partial charge on any atom is 0.331 e. The number of rotatable bonds is 4. The van der Waals surface area contributed by atoms with Crippen LogP contribution in [0.4, 0.5) is 0 Å². The number of benzene rings is 1. The smallest absolute Gasteiger partial charge is 0.331 e. The van der Waals surface area contributed by atoms with Crippen LogP contribution >= 0.6 is 0 Å². The summed E-state index contributed by atoms with van der Waals surface area (Å²) in [6, 6.07) is 8.80. The minimum absolute atomic E-state index is 0.309. The Morgan fingerprint density at radius 3 is 2.60 bits per heavy atom. The van der Waals surface area contributed by atoms with Gasteiger partial charge < -0.3 is 9.47 Å². The van der Waals surface area contributed by atoms with E-state index in [0.29, 0.717) is 18.7 Å². The van der Waals surface area contributed by atoms with Crippen LogP contribution in [0.15, 0.2) is 35.3 Å². The van der Waals surface area contributed by atoms with Crippen molar-refractivity contribution in [1.82, 2.24) is 0 Å². The Morgan fingerprint density at radius 2 is 2.00 bits per heavy atom. The molecule has 0 fully saturated rings. The molecule has 0 saturated carbocycles. The van der Waals surface area contributed by atoms with E-state index in [0.717, 1.165) is 5.56 Å². The van der Waals surface area contributed by atoms with Crippen molar-refractivity contribution in [3.63, 3.8) is 0 Å². The van der Waals surface area contributed by atoms with Crippen LogP contribution in [0.5, 0.6) is 0 Å². The molecule has 0 bridgehead atoms. The van der Waals surface area contributed by atoms with Crippen molar-refractivity contribution in [1.29, 1.82) is 0 Å². The molecule has 5 heteroatoms. The molecule has 0 unspecified atom stereocenters. The summed E-state index contributed by atoms with van der Waals surface area (Å²) in [6.45, 7) is 3.41. The molecule has 0 N–H and O–H groups in total. The topological polar surface area (TPSA) is 65.0 Å². The minimum atomic E-state index is -0.602. The largest absolute Gasteiger partial charge is 0.464 e. The highest BCUT2D eigenvalue weighted by molar-refractivity contribution is 6.07. The van der Waals surface area contributed by atoms with E-state index in [4.69, 9.17) is 9.47 Å². The lowest BCUT2D eigenvalue weighted by Crippen LogP contribution is -2.26. The predicted octanol–water partition coefficient (Wildman–Crippen LogP) is 1.74. The lowest BCUT2D eigenvalue weighted by Gasteiger charge is -2.13. The monoisotopic (exact) mass is 275 g/mol. The zero-order valence-electron chi connectivity index (χ0n) is 11.5. The van der Waals surface area contributed by atoms with Crippen LogP contribution in [-0.2, 0) is 19.1 Å². The molecule has 20 heavy (non-hydrogen) atoms. The zero-order valence-corrected chi connectivity index (χ0v) is 11.5. The molecule has 2 rings (SSSR count). The van der Waals surface area contributed by atoms with Gasteiger partial charge in [0.2, 0.25) is 0 Å². The average Bonchev–Trinajstić information content (AvgIpc) is 2.83. The summed E-state index contributed by atoms with van der Waals surface area (Å²) in [7, 11) is 0. The van der Waals surface area contributed by atoms with E-state index < -0.39 is 12.1 Å². The molecule has 0 aromatic heterocycles. The Labute approximate surface area is 117 Å². The van der Waals surface area contributed by atoms with Crippen molar-refractivity contribution in [2.45, 2.75) is 32.4 Å². The molecule has 1 aliphatic heterocycles. The van der Waals surface area contributed by atoms with Gasteiger partial charge in [-0.05, 0) is 12.5 Å². The second-order valence-corrected chi connectivity index (χ2v) is 4.48. The third kappa shape index (κ3) is 3.23. The van der Waals surface area contributed by atoms with Gasteiger partial charge in [0, 0.05) is 13.3 Å². The molecule has 1 aliphatic rings. The summed E-state index contributed by atoms with van der Waals surface area (Å²) in [5, 5.41) is 0. The molecule has 2 atom stereocenters. The van der Waals surface area contributed by atoms with Crippen molar-refractivity contribution in [2.75, 3.05) is 6.61 Å². The van der Waals surface area contributed by atoms with E-state index >= 15 is 0 Å². The Morgan fingerprint density at radius 1 is 1.30 bits per heavy atom. The van der Waals surface area contributed by atoms with Gasteiger partial charge in [0.25, 0.3) is 0 Å². The number of carbonyl (C=O) groups excluding carboxylic acids is 2. The van der Waals surface area contributed by atoms with Crippen molar-refractivity contribution >= 4 is 17.7 Å². The Bertz CT molecular complexity index is 524. The second kappa shape index (κ2) is 6.32. The van der Waals surface area contributed by atoms with Crippen molar-refractivity contribution in [3.05, 3.63) is 35.9 Å². The van der Waals surface area contributed by atoms with E-state index in [2.05, 4.69) is 4.99 Å². The maximum absolute atomic E-state index is 11.8. The van der Waals surface area contributed by atoms with Crippen LogP contribution in [0, 0.1) is 0 Å². The Hall–Kier alpha value is -2.17. The SMILES string of the molecule is CCOC(=O)[C@@H]1C[C@@H](OC(C)=O)C(c2ccccc2)=N1. The highest BCUT2D eigenvalue weighted by Gasteiger charge is 2.36. The molecule has 0 aliphatic carbocycles. The van der Waals surface area contributed by atoms with Gasteiger partial charge in [0.1, 0.15) is 6.10 Å². The third-order valence-corrected chi connectivity index (χ3v) is 2.97. The average molecular weight is 275 g/mol. The summed E-state index contributed by atoms with van der Waals surface area (Å²) in [4.78, 5) is 27.3. The molecule has 1 aromatic rings. The molecule has 0 amide bonds.